The van der Waals surface area contributed by atoms with Gasteiger partial charge in [-0.05, 0) is 12.1 Å². The molecule has 3 rings (SSSR count). The number of ether oxygens (including phenoxy) is 2. The molecule has 0 amide bonds. The van der Waals surface area contributed by atoms with Crippen molar-refractivity contribution in [2.24, 2.45) is 0 Å². The molecule has 0 aromatic heterocycles. The second-order valence-corrected chi connectivity index (χ2v) is 7.09. The van der Waals surface area contributed by atoms with Crippen molar-refractivity contribution in [1.29, 1.82) is 0 Å². The number of benzene rings is 2. The fourth-order valence-electron chi connectivity index (χ4n) is 3.12. The number of rotatable bonds is 6. The van der Waals surface area contributed by atoms with Gasteiger partial charge < -0.3 is 9.47 Å². The van der Waals surface area contributed by atoms with E-state index < -0.39 is 0 Å². The lowest BCUT2D eigenvalue weighted by molar-refractivity contribution is 0.0973. The van der Waals surface area contributed by atoms with Crippen molar-refractivity contribution in [3.63, 3.8) is 0 Å². The van der Waals surface area contributed by atoms with Crippen LogP contribution in [-0.2, 0) is 6.42 Å². The second-order valence-electron chi connectivity index (χ2n) is 6.02. The summed E-state index contributed by atoms with van der Waals surface area (Å²) in [4.78, 5) is 26.3. The molecule has 4 nitrogen and oxygen atoms in total. The topological polar surface area (TPSA) is 52.6 Å². The molecule has 2 aromatic carbocycles. The highest BCUT2D eigenvalue weighted by atomic mass is 35.5. The number of hydrogen-bond acceptors (Lipinski definition) is 4. The molecule has 0 N–H and O–H groups in total. The quantitative estimate of drug-likeness (QED) is 0.588. The summed E-state index contributed by atoms with van der Waals surface area (Å²) >= 11 is 11.7. The Morgan fingerprint density at radius 2 is 1.63 bits per heavy atom. The second kappa shape index (κ2) is 7.59. The summed E-state index contributed by atoms with van der Waals surface area (Å²) < 4.78 is 11.0. The molecule has 0 radical (unpaired) electrons. The lowest BCUT2D eigenvalue weighted by Gasteiger charge is -2.23. The zero-order valence-electron chi connectivity index (χ0n) is 14.6. The third-order valence-electron chi connectivity index (χ3n) is 4.18. The average molecular weight is 403 g/mol. The number of hydrogen-bond donors (Lipinski definition) is 0. The third-order valence-corrected chi connectivity index (χ3v) is 4.42. The minimum Gasteiger partial charge on any atom is -0.496 e. The normalized spacial score (nSPS) is 12.3. The lowest BCUT2D eigenvalue weighted by Crippen LogP contribution is -2.23. The molecule has 1 aliphatic rings. The molecule has 0 heterocycles. The van der Waals surface area contributed by atoms with Crippen molar-refractivity contribution in [2.45, 2.75) is 6.42 Å². The van der Waals surface area contributed by atoms with Crippen molar-refractivity contribution in [3.8, 4) is 11.5 Å². The zero-order valence-corrected chi connectivity index (χ0v) is 16.1. The van der Waals surface area contributed by atoms with Crippen LogP contribution in [0.15, 0.2) is 53.6 Å². The number of methoxy groups -OCH3 is 1. The Bertz CT molecular complexity index is 992. The highest BCUT2D eigenvalue weighted by Crippen LogP contribution is 2.39. The van der Waals surface area contributed by atoms with E-state index in [-0.39, 0.29) is 51.2 Å². The van der Waals surface area contributed by atoms with Gasteiger partial charge in [-0.15, -0.1) is 0 Å². The highest BCUT2D eigenvalue weighted by Gasteiger charge is 2.35. The van der Waals surface area contributed by atoms with E-state index in [9.17, 15) is 9.59 Å². The average Bonchev–Trinajstić information content (AvgIpc) is 2.63. The molecule has 0 aliphatic heterocycles. The maximum atomic E-state index is 13.2. The first kappa shape index (κ1) is 19.2. The van der Waals surface area contributed by atoms with Crippen LogP contribution in [0.25, 0.3) is 0 Å². The van der Waals surface area contributed by atoms with Gasteiger partial charge in [-0.25, -0.2) is 0 Å². The summed E-state index contributed by atoms with van der Waals surface area (Å²) in [5.74, 6) is -0.00666. The Morgan fingerprint density at radius 3 is 2.26 bits per heavy atom. The summed E-state index contributed by atoms with van der Waals surface area (Å²) in [6.07, 6.45) is 0.327. The Balaban J connectivity index is 2.17. The van der Waals surface area contributed by atoms with Crippen LogP contribution in [0.3, 0.4) is 0 Å². The van der Waals surface area contributed by atoms with E-state index in [0.717, 1.165) is 0 Å². The molecule has 0 atom stereocenters. The summed E-state index contributed by atoms with van der Waals surface area (Å²) in [5, 5.41) is 0.690. The van der Waals surface area contributed by atoms with E-state index >= 15 is 0 Å². The standard InChI is InChI=1S/C21H16Cl2O4/c1-11(22)9-13-7-8-15-18(21(13)26-3)20(25)14-5-4-6-16(17(14)19(15)24)27-10-12(2)23/h4-8H,1-2,9-10H2,3H3. The summed E-state index contributed by atoms with van der Waals surface area (Å²) in [5.41, 5.74) is 1.64. The Morgan fingerprint density at radius 1 is 0.963 bits per heavy atom. The number of ketones is 2. The SMILES string of the molecule is C=C(Cl)COc1cccc2c1C(=O)c1ccc(CC(=C)Cl)c(OC)c1C2=O. The van der Waals surface area contributed by atoms with Crippen molar-refractivity contribution >= 4 is 34.8 Å². The predicted molar refractivity (Wildman–Crippen MR) is 105 cm³/mol. The number of allylic oxidation sites excluding steroid dienone is 1. The van der Waals surface area contributed by atoms with Crippen LogP contribution in [0, 0.1) is 0 Å². The molecule has 6 heteroatoms. The van der Waals surface area contributed by atoms with Gasteiger partial charge in [0.2, 0.25) is 0 Å². The molecule has 0 bridgehead atoms. The van der Waals surface area contributed by atoms with Gasteiger partial charge in [0.25, 0.3) is 0 Å². The number of carbonyl (C=O) groups excluding carboxylic acids is 2. The monoisotopic (exact) mass is 402 g/mol. The van der Waals surface area contributed by atoms with Crippen molar-refractivity contribution in [3.05, 3.63) is 81.4 Å². The molecular weight excluding hydrogens is 387 g/mol. The largest absolute Gasteiger partial charge is 0.496 e. The smallest absolute Gasteiger partial charge is 0.198 e. The van der Waals surface area contributed by atoms with Crippen LogP contribution in [0.5, 0.6) is 11.5 Å². The Kier molecular flexibility index (Phi) is 5.40. The van der Waals surface area contributed by atoms with E-state index in [1.165, 1.54) is 7.11 Å². The molecule has 138 valence electrons. The third kappa shape index (κ3) is 3.51. The van der Waals surface area contributed by atoms with Gasteiger partial charge in [-0.3, -0.25) is 9.59 Å². The molecule has 2 aromatic rings. The van der Waals surface area contributed by atoms with Crippen LogP contribution >= 0.6 is 23.2 Å². The minimum absolute atomic E-state index is 0.0342. The van der Waals surface area contributed by atoms with Gasteiger partial charge in [-0.1, -0.05) is 54.6 Å². The van der Waals surface area contributed by atoms with Gasteiger partial charge in [0, 0.05) is 33.2 Å². The molecule has 0 spiro atoms. The van der Waals surface area contributed by atoms with E-state index in [4.69, 9.17) is 32.7 Å². The molecular formula is C21H16Cl2O4. The summed E-state index contributed by atoms with van der Waals surface area (Å²) in [6, 6.07) is 8.18. The Hall–Kier alpha value is -2.56. The molecule has 0 fully saturated rings. The fraction of sp³-hybridized carbons (Fsp3) is 0.143. The van der Waals surface area contributed by atoms with Crippen molar-refractivity contribution in [1.82, 2.24) is 0 Å². The van der Waals surface area contributed by atoms with Gasteiger partial charge in [0.05, 0.1) is 18.2 Å². The molecule has 27 heavy (non-hydrogen) atoms. The van der Waals surface area contributed by atoms with E-state index in [1.807, 2.05) is 0 Å². The molecule has 0 unspecified atom stereocenters. The zero-order chi connectivity index (χ0) is 19.7. The first-order valence-electron chi connectivity index (χ1n) is 8.06. The molecule has 0 saturated carbocycles. The lowest BCUT2D eigenvalue weighted by atomic mass is 9.82. The van der Waals surface area contributed by atoms with Crippen LogP contribution in [0.1, 0.15) is 37.4 Å². The van der Waals surface area contributed by atoms with Crippen LogP contribution in [0.4, 0.5) is 0 Å². The first-order chi connectivity index (χ1) is 12.8. The maximum absolute atomic E-state index is 13.2. The van der Waals surface area contributed by atoms with Gasteiger partial charge in [0.1, 0.15) is 18.1 Å². The number of carbonyl (C=O) groups is 2. The van der Waals surface area contributed by atoms with E-state index in [2.05, 4.69) is 13.2 Å². The maximum Gasteiger partial charge on any atom is 0.198 e. The summed E-state index contributed by atoms with van der Waals surface area (Å²) in [7, 11) is 1.45. The number of halogens is 2. The first-order valence-corrected chi connectivity index (χ1v) is 8.82. The minimum atomic E-state index is -0.315. The van der Waals surface area contributed by atoms with E-state index in [0.29, 0.717) is 22.8 Å². The Labute approximate surface area is 167 Å². The molecule has 0 saturated heterocycles. The van der Waals surface area contributed by atoms with Crippen molar-refractivity contribution < 1.29 is 19.1 Å². The predicted octanol–water partition coefficient (Wildman–Crippen LogP) is 4.90. The number of fused-ring (bicyclic) bond motifs is 2. The van der Waals surface area contributed by atoms with Crippen LogP contribution in [-0.4, -0.2) is 25.3 Å². The van der Waals surface area contributed by atoms with E-state index in [1.54, 1.807) is 30.3 Å². The summed E-state index contributed by atoms with van der Waals surface area (Å²) in [6.45, 7) is 7.27. The van der Waals surface area contributed by atoms with Gasteiger partial charge >= 0.3 is 0 Å². The van der Waals surface area contributed by atoms with Gasteiger partial charge in [0.15, 0.2) is 11.6 Å². The van der Waals surface area contributed by atoms with Crippen LogP contribution in [0.2, 0.25) is 0 Å². The van der Waals surface area contributed by atoms with Gasteiger partial charge in [-0.2, -0.15) is 0 Å². The van der Waals surface area contributed by atoms with Crippen molar-refractivity contribution in [2.75, 3.05) is 13.7 Å². The van der Waals surface area contributed by atoms with Crippen LogP contribution < -0.4 is 9.47 Å². The fourth-order valence-corrected chi connectivity index (χ4v) is 3.32. The molecule has 1 aliphatic carbocycles. The highest BCUT2D eigenvalue weighted by molar-refractivity contribution is 6.31.